The first-order valence-electron chi connectivity index (χ1n) is 1.67. The van der Waals surface area contributed by atoms with Gasteiger partial charge in [0.2, 0.25) is 0 Å². The summed E-state index contributed by atoms with van der Waals surface area (Å²) in [5, 5.41) is 6.21. The van der Waals surface area contributed by atoms with Crippen LogP contribution in [0.25, 0.3) is 0 Å². The first-order chi connectivity index (χ1) is 3.91. The molecule has 0 atom stereocenters. The summed E-state index contributed by atoms with van der Waals surface area (Å²) in [5.74, 6) is 0. The third-order valence-electron chi connectivity index (χ3n) is 0.406. The number of H-pyrrole nitrogens is 1. The molecule has 0 amide bonds. The molecule has 5 heteroatoms. The van der Waals surface area contributed by atoms with Crippen LogP contribution in [0, 0.1) is 0 Å². The number of aromatic nitrogens is 2. The van der Waals surface area contributed by atoms with Crippen molar-refractivity contribution in [3.05, 3.63) is 18.5 Å². The number of hydrogen-bond donors (Lipinski definition) is 1. The van der Waals surface area contributed by atoms with E-state index in [1.807, 2.05) is 6.07 Å². The molecule has 0 saturated carbocycles. The second-order valence-electron chi connectivity index (χ2n) is 0.809. The van der Waals surface area contributed by atoms with Gasteiger partial charge in [-0.2, -0.15) is 5.10 Å². The molecule has 0 aliphatic carbocycles. The zero-order chi connectivity index (χ0) is 6.24. The van der Waals surface area contributed by atoms with Gasteiger partial charge in [0.25, 0.3) is 0 Å². The average molecular weight is 203 g/mol. The van der Waals surface area contributed by atoms with Gasteiger partial charge in [-0.15, -0.1) is 0 Å². The number of nitrogens with one attached hydrogen (secondary N) is 1. The maximum atomic E-state index is 4.67. The minimum Gasteiger partial charge on any atom is -0.286 e. The van der Waals surface area contributed by atoms with Crippen LogP contribution in [0.1, 0.15) is 0 Å². The summed E-state index contributed by atoms with van der Waals surface area (Å²) in [6.45, 7) is 0. The van der Waals surface area contributed by atoms with Crippen molar-refractivity contribution in [2.24, 2.45) is 0 Å². The Morgan fingerprint density at radius 3 is 2.25 bits per heavy atom. The molecule has 0 spiro atoms. The van der Waals surface area contributed by atoms with Gasteiger partial charge in [-0.1, -0.05) is 0 Å². The maximum absolute atomic E-state index is 4.67. The van der Waals surface area contributed by atoms with Crippen LogP contribution in [0.2, 0.25) is 0 Å². The predicted octanol–water partition coefficient (Wildman–Crippen LogP) is 1.79. The Labute approximate surface area is 62.2 Å². The van der Waals surface area contributed by atoms with Crippen molar-refractivity contribution in [1.82, 2.24) is 10.2 Å². The van der Waals surface area contributed by atoms with Crippen LogP contribution < -0.4 is 0 Å². The Balaban J connectivity index is 0.000000145. The van der Waals surface area contributed by atoms with E-state index in [4.69, 9.17) is 0 Å². The molecule has 1 heterocycles. The molecule has 0 fully saturated rings. The Morgan fingerprint density at radius 2 is 2.12 bits per heavy atom. The van der Waals surface area contributed by atoms with E-state index in [9.17, 15) is 0 Å². The van der Waals surface area contributed by atoms with Gasteiger partial charge >= 0.3 is 33.3 Å². The molecular formula is C3H4Cl2CuN2. The third-order valence-corrected chi connectivity index (χ3v) is 0.406. The molecule has 1 N–H and O–H groups in total. The van der Waals surface area contributed by atoms with Gasteiger partial charge in [0.1, 0.15) is 0 Å². The van der Waals surface area contributed by atoms with E-state index in [0.717, 1.165) is 13.1 Å². The summed E-state index contributed by atoms with van der Waals surface area (Å²) in [7, 11) is 9.34. The molecular weight excluding hydrogens is 198 g/mol. The topological polar surface area (TPSA) is 28.7 Å². The van der Waals surface area contributed by atoms with Crippen molar-refractivity contribution in [3.63, 3.8) is 0 Å². The van der Waals surface area contributed by atoms with Crippen LogP contribution in [0.4, 0.5) is 0 Å². The molecule has 0 unspecified atom stereocenters. The molecule has 1 rings (SSSR count). The molecule has 0 aliphatic heterocycles. The fourth-order valence-corrected chi connectivity index (χ4v) is 0.215. The van der Waals surface area contributed by atoms with Crippen molar-refractivity contribution in [3.8, 4) is 0 Å². The van der Waals surface area contributed by atoms with E-state index in [0.29, 0.717) is 0 Å². The van der Waals surface area contributed by atoms with Crippen LogP contribution in [-0.4, -0.2) is 10.2 Å². The summed E-state index contributed by atoms with van der Waals surface area (Å²) in [4.78, 5) is 0. The zero-order valence-electron chi connectivity index (χ0n) is 3.74. The summed E-state index contributed by atoms with van der Waals surface area (Å²) < 4.78 is 0. The Bertz CT molecular complexity index is 82.2. The number of rotatable bonds is 0. The fraction of sp³-hybridized carbons (Fsp3) is 0. The van der Waals surface area contributed by atoms with E-state index >= 15 is 0 Å². The standard InChI is InChI=1S/C3H4N2.2ClH.Cu/c1-2-4-5-3-1;;;/h1-3H,(H,4,5);2*1H;/q;;;+2/p-2. The average Bonchev–Trinajstić information content (AvgIpc) is 2.17. The minimum absolute atomic E-state index is 0.757. The second kappa shape index (κ2) is 7.31. The molecule has 0 aliphatic rings. The summed E-state index contributed by atoms with van der Waals surface area (Å²) >= 11 is 0.757. The second-order valence-corrected chi connectivity index (χ2v) is 2.36. The van der Waals surface area contributed by atoms with E-state index in [2.05, 4.69) is 30.4 Å². The fourth-order valence-electron chi connectivity index (χ4n) is 0.215. The van der Waals surface area contributed by atoms with Crippen LogP contribution in [0.15, 0.2) is 18.5 Å². The summed E-state index contributed by atoms with van der Waals surface area (Å²) in [5.41, 5.74) is 0. The van der Waals surface area contributed by atoms with E-state index in [1.165, 1.54) is 0 Å². The smallest absolute Gasteiger partial charge is 0.0487 e. The Morgan fingerprint density at radius 1 is 1.50 bits per heavy atom. The normalized spacial score (nSPS) is 7.75. The minimum atomic E-state index is 0.757. The van der Waals surface area contributed by atoms with Crippen LogP contribution >= 0.6 is 20.2 Å². The number of nitrogens with zero attached hydrogens (tertiary/aromatic N) is 1. The molecule has 0 saturated heterocycles. The van der Waals surface area contributed by atoms with Crippen molar-refractivity contribution in [2.45, 2.75) is 0 Å². The van der Waals surface area contributed by atoms with Gasteiger partial charge in [0.15, 0.2) is 0 Å². The molecule has 1 aromatic heterocycles. The van der Waals surface area contributed by atoms with Gasteiger partial charge in [-0.25, -0.2) is 0 Å². The van der Waals surface area contributed by atoms with Gasteiger partial charge in [0.05, 0.1) is 0 Å². The van der Waals surface area contributed by atoms with Gasteiger partial charge in [-0.05, 0) is 6.07 Å². The van der Waals surface area contributed by atoms with Crippen LogP contribution in [0.3, 0.4) is 0 Å². The molecule has 8 heavy (non-hydrogen) atoms. The molecule has 1 aromatic rings. The molecule has 0 bridgehead atoms. The maximum Gasteiger partial charge on any atom is 0.0487 e. The van der Waals surface area contributed by atoms with Gasteiger partial charge in [0, 0.05) is 12.4 Å². The van der Waals surface area contributed by atoms with Crippen molar-refractivity contribution >= 4 is 20.2 Å². The predicted molar refractivity (Wildman–Crippen MR) is 30.3 cm³/mol. The quantitative estimate of drug-likeness (QED) is 0.639. The number of aromatic amines is 1. The van der Waals surface area contributed by atoms with E-state index in [1.54, 1.807) is 12.4 Å². The monoisotopic (exact) mass is 201 g/mol. The summed E-state index contributed by atoms with van der Waals surface area (Å²) in [6.07, 6.45) is 3.46. The first-order valence-corrected chi connectivity index (χ1v) is 4.26. The third kappa shape index (κ3) is 6.31. The Hall–Kier alpha value is 0.309. The van der Waals surface area contributed by atoms with Crippen molar-refractivity contribution < 1.29 is 13.1 Å². The van der Waals surface area contributed by atoms with E-state index in [-0.39, 0.29) is 0 Å². The van der Waals surface area contributed by atoms with Crippen molar-refractivity contribution in [1.29, 1.82) is 0 Å². The summed E-state index contributed by atoms with van der Waals surface area (Å²) in [6, 6.07) is 1.83. The number of halogens is 2. The SMILES string of the molecule is [Cl][Cu][Cl].c1cn[nH]c1. The zero-order valence-corrected chi connectivity index (χ0v) is 6.19. The molecule has 51 valence electrons. The van der Waals surface area contributed by atoms with Crippen LogP contribution in [-0.2, 0) is 13.1 Å². The Kier molecular flexibility index (Phi) is 7.59. The largest absolute Gasteiger partial charge is 0.286 e. The molecule has 0 aromatic carbocycles. The molecule has 0 radical (unpaired) electrons. The first kappa shape index (κ1) is 8.31. The van der Waals surface area contributed by atoms with E-state index < -0.39 is 0 Å². The van der Waals surface area contributed by atoms with Gasteiger partial charge < -0.3 is 0 Å². The number of hydrogen-bond acceptors (Lipinski definition) is 1. The molecule has 2 nitrogen and oxygen atoms in total. The van der Waals surface area contributed by atoms with Crippen LogP contribution in [0.5, 0.6) is 0 Å². The van der Waals surface area contributed by atoms with Gasteiger partial charge in [-0.3, -0.25) is 5.10 Å². The van der Waals surface area contributed by atoms with Crippen molar-refractivity contribution in [2.75, 3.05) is 0 Å².